The average molecular weight is 306 g/mol. The summed E-state index contributed by atoms with van der Waals surface area (Å²) in [7, 11) is 0. The maximum atomic E-state index is 11.8. The minimum Gasteiger partial charge on any atom is -0.465 e. The Bertz CT molecular complexity index is 475. The Hall–Kier alpha value is -1.91. The Balaban J connectivity index is 0.000000211. The molecule has 0 amide bonds. The Kier molecular flexibility index (Phi) is 5.92. The van der Waals surface area contributed by atoms with Crippen LogP contribution in [-0.2, 0) is 23.9 Å². The van der Waals surface area contributed by atoms with E-state index in [2.05, 4.69) is 23.8 Å². The van der Waals surface area contributed by atoms with Gasteiger partial charge in [-0.2, -0.15) is 0 Å². The number of hydrogen-bond donors (Lipinski definition) is 0. The van der Waals surface area contributed by atoms with E-state index in [1.807, 2.05) is 0 Å². The smallest absolute Gasteiger partial charge is 0.338 e. The highest BCUT2D eigenvalue weighted by atomic mass is 16.6. The molecule has 2 bridgehead atoms. The van der Waals surface area contributed by atoms with Crippen LogP contribution in [-0.4, -0.2) is 24.5 Å². The summed E-state index contributed by atoms with van der Waals surface area (Å²) in [6.45, 7) is 2.71. The Morgan fingerprint density at radius 2 is 1.95 bits per heavy atom. The predicted octanol–water partition coefficient (Wildman–Crippen LogP) is 2.56. The van der Waals surface area contributed by atoms with Crippen molar-refractivity contribution in [2.45, 2.75) is 39.0 Å². The Morgan fingerprint density at radius 3 is 2.36 bits per heavy atom. The standard InChI is InChI=1S/C13H20O2.C4H2O3/c1-2-3-8-15-13(14)12-9-10-4-6-11(12)7-5-10;5-3-1-2-4(6)7-3/h4,6,10-12H,2-3,5,7-9H2,1H3;1-2H. The molecule has 0 N–H and O–H groups in total. The van der Waals surface area contributed by atoms with Gasteiger partial charge in [-0.05, 0) is 37.5 Å². The van der Waals surface area contributed by atoms with Crippen molar-refractivity contribution < 1.29 is 23.9 Å². The van der Waals surface area contributed by atoms with Crippen molar-refractivity contribution in [2.24, 2.45) is 17.8 Å². The second-order valence-electron chi connectivity index (χ2n) is 5.82. The van der Waals surface area contributed by atoms with Crippen LogP contribution in [0, 0.1) is 17.8 Å². The second kappa shape index (κ2) is 7.92. The summed E-state index contributed by atoms with van der Waals surface area (Å²) in [5, 5.41) is 0. The molecular formula is C17H22O5. The van der Waals surface area contributed by atoms with E-state index in [4.69, 9.17) is 4.74 Å². The van der Waals surface area contributed by atoms with Crippen molar-refractivity contribution in [3.05, 3.63) is 24.3 Å². The highest BCUT2D eigenvalue weighted by Crippen LogP contribution is 2.40. The van der Waals surface area contributed by atoms with Crippen LogP contribution in [0.5, 0.6) is 0 Å². The molecule has 3 unspecified atom stereocenters. The number of cyclic esters (lactones) is 2. The molecule has 0 saturated heterocycles. The van der Waals surface area contributed by atoms with Crippen LogP contribution in [0.3, 0.4) is 0 Å². The lowest BCUT2D eigenvalue weighted by molar-refractivity contribution is -0.152. The van der Waals surface area contributed by atoms with E-state index in [-0.39, 0.29) is 11.9 Å². The fourth-order valence-electron chi connectivity index (χ4n) is 2.93. The van der Waals surface area contributed by atoms with Gasteiger partial charge < -0.3 is 9.47 Å². The van der Waals surface area contributed by atoms with Crippen LogP contribution in [0.1, 0.15) is 39.0 Å². The first-order valence-corrected chi connectivity index (χ1v) is 7.89. The van der Waals surface area contributed by atoms with Crippen molar-refractivity contribution >= 4 is 17.9 Å². The fraction of sp³-hybridized carbons (Fsp3) is 0.588. The number of ether oxygens (including phenoxy) is 2. The number of hydrogen-bond acceptors (Lipinski definition) is 5. The topological polar surface area (TPSA) is 69.7 Å². The number of allylic oxidation sites excluding steroid dienone is 2. The molecule has 1 fully saturated rings. The van der Waals surface area contributed by atoms with Gasteiger partial charge in [0.15, 0.2) is 0 Å². The minimum absolute atomic E-state index is 0.0440. The molecule has 0 radical (unpaired) electrons. The van der Waals surface area contributed by atoms with Gasteiger partial charge >= 0.3 is 17.9 Å². The molecule has 3 aliphatic carbocycles. The maximum absolute atomic E-state index is 11.8. The van der Waals surface area contributed by atoms with E-state index in [0.29, 0.717) is 18.4 Å². The quantitative estimate of drug-likeness (QED) is 0.345. The normalized spacial score (nSPS) is 28.1. The molecule has 4 aliphatic rings. The van der Waals surface area contributed by atoms with Crippen LogP contribution in [0.25, 0.3) is 0 Å². The van der Waals surface area contributed by atoms with Gasteiger partial charge in [-0.3, -0.25) is 4.79 Å². The molecule has 4 rings (SSSR count). The highest BCUT2D eigenvalue weighted by molar-refractivity contribution is 6.04. The van der Waals surface area contributed by atoms with Crippen molar-refractivity contribution in [1.29, 1.82) is 0 Å². The van der Waals surface area contributed by atoms with Gasteiger partial charge in [0.25, 0.3) is 0 Å². The van der Waals surface area contributed by atoms with E-state index in [1.54, 1.807) is 0 Å². The van der Waals surface area contributed by atoms with Crippen LogP contribution >= 0.6 is 0 Å². The van der Waals surface area contributed by atoms with Crippen molar-refractivity contribution in [3.63, 3.8) is 0 Å². The molecule has 1 heterocycles. The summed E-state index contributed by atoms with van der Waals surface area (Å²) in [6, 6.07) is 0. The molecule has 5 nitrogen and oxygen atoms in total. The van der Waals surface area contributed by atoms with Crippen molar-refractivity contribution in [2.75, 3.05) is 6.61 Å². The zero-order valence-electron chi connectivity index (χ0n) is 12.8. The van der Waals surface area contributed by atoms with Gasteiger partial charge in [-0.25, -0.2) is 9.59 Å². The summed E-state index contributed by atoms with van der Waals surface area (Å²) in [4.78, 5) is 31.7. The lowest BCUT2D eigenvalue weighted by Crippen LogP contribution is -2.34. The van der Waals surface area contributed by atoms with Crippen LogP contribution in [0.15, 0.2) is 24.3 Å². The minimum atomic E-state index is -0.579. The molecule has 1 saturated carbocycles. The van der Waals surface area contributed by atoms with Crippen molar-refractivity contribution in [3.8, 4) is 0 Å². The lowest BCUT2D eigenvalue weighted by atomic mass is 9.69. The maximum Gasteiger partial charge on any atom is 0.338 e. The summed E-state index contributed by atoms with van der Waals surface area (Å²) >= 11 is 0. The first kappa shape index (κ1) is 16.5. The molecule has 0 spiro atoms. The lowest BCUT2D eigenvalue weighted by Gasteiger charge is -2.36. The molecule has 1 aliphatic heterocycles. The number of carbonyl (C=O) groups is 3. The second-order valence-corrected chi connectivity index (χ2v) is 5.82. The van der Waals surface area contributed by atoms with Crippen LogP contribution in [0.4, 0.5) is 0 Å². The SMILES string of the molecule is CCCCOC(=O)C1CC2C=CC1CC2.O=C1C=CC(=O)O1. The Labute approximate surface area is 130 Å². The number of esters is 3. The summed E-state index contributed by atoms with van der Waals surface area (Å²) in [6.07, 6.45) is 12.2. The molecule has 0 aromatic carbocycles. The third-order valence-corrected chi connectivity index (χ3v) is 4.18. The zero-order chi connectivity index (χ0) is 15.9. The summed E-state index contributed by atoms with van der Waals surface area (Å²) in [5.74, 6) is 0.144. The third-order valence-electron chi connectivity index (χ3n) is 4.18. The highest BCUT2D eigenvalue weighted by Gasteiger charge is 2.37. The summed E-state index contributed by atoms with van der Waals surface area (Å²) < 4.78 is 9.27. The van der Waals surface area contributed by atoms with Gasteiger partial charge in [-0.15, -0.1) is 0 Å². The van der Waals surface area contributed by atoms with Gasteiger partial charge in [0, 0.05) is 12.2 Å². The number of unbranched alkanes of at least 4 members (excludes halogenated alkanes) is 1. The fourth-order valence-corrected chi connectivity index (χ4v) is 2.93. The summed E-state index contributed by atoms with van der Waals surface area (Å²) in [5.41, 5.74) is 0. The molecular weight excluding hydrogens is 284 g/mol. The Morgan fingerprint density at radius 1 is 1.23 bits per heavy atom. The largest absolute Gasteiger partial charge is 0.465 e. The van der Waals surface area contributed by atoms with E-state index >= 15 is 0 Å². The molecule has 0 aromatic heterocycles. The van der Waals surface area contributed by atoms with E-state index in [1.165, 1.54) is 12.8 Å². The average Bonchev–Trinajstić information content (AvgIpc) is 2.92. The molecule has 5 heteroatoms. The first-order chi connectivity index (χ1) is 10.6. The molecule has 120 valence electrons. The van der Waals surface area contributed by atoms with Crippen molar-refractivity contribution in [1.82, 2.24) is 0 Å². The van der Waals surface area contributed by atoms with Crippen LogP contribution in [0.2, 0.25) is 0 Å². The van der Waals surface area contributed by atoms with Gasteiger partial charge in [0.2, 0.25) is 0 Å². The van der Waals surface area contributed by atoms with E-state index in [0.717, 1.165) is 31.4 Å². The van der Waals surface area contributed by atoms with E-state index < -0.39 is 11.9 Å². The molecule has 22 heavy (non-hydrogen) atoms. The van der Waals surface area contributed by atoms with Gasteiger partial charge in [0.1, 0.15) is 0 Å². The van der Waals surface area contributed by atoms with Gasteiger partial charge in [-0.1, -0.05) is 25.5 Å². The van der Waals surface area contributed by atoms with Gasteiger partial charge in [0.05, 0.1) is 12.5 Å². The molecule has 0 aromatic rings. The number of rotatable bonds is 4. The predicted molar refractivity (Wildman–Crippen MR) is 79.6 cm³/mol. The first-order valence-electron chi connectivity index (χ1n) is 7.89. The number of carbonyl (C=O) groups excluding carboxylic acids is 3. The third kappa shape index (κ3) is 4.55. The van der Waals surface area contributed by atoms with E-state index in [9.17, 15) is 14.4 Å². The zero-order valence-corrected chi connectivity index (χ0v) is 12.8. The number of fused-ring (bicyclic) bond motifs is 2. The van der Waals surface area contributed by atoms with Crippen LogP contribution < -0.4 is 0 Å². The molecule has 3 atom stereocenters. The monoisotopic (exact) mass is 306 g/mol.